The number of carbonyl (C=O) groups is 2. The molecule has 2 heterocycles. The lowest BCUT2D eigenvalue weighted by Crippen LogP contribution is -2.52. The van der Waals surface area contributed by atoms with Crippen LogP contribution in [0.1, 0.15) is 10.4 Å². The Balaban J connectivity index is 1.84. The maximum absolute atomic E-state index is 13.1. The number of morpholine rings is 1. The maximum Gasteiger partial charge on any atom is 0.255 e. The van der Waals surface area contributed by atoms with Crippen LogP contribution >= 0.6 is 11.8 Å². The number of carbonyl (C=O) groups excluding carboxylic acids is 2. The summed E-state index contributed by atoms with van der Waals surface area (Å²) in [7, 11) is 4.51. The van der Waals surface area contributed by atoms with Gasteiger partial charge in [-0.25, -0.2) is 0 Å². The molecule has 2 aliphatic heterocycles. The standard InChI is InChI=1S/C18H24N2O6S/c1-23-14-8-12(9-15(24-2)16(14)25-3)17(21)20-11-27-10-13(20)18(22)19-4-6-26-7-5-19/h8-9,13H,4-7,10-11H2,1-3H3. The normalized spacial score (nSPS) is 19.7. The number of methoxy groups -OCH3 is 3. The van der Waals surface area contributed by atoms with Crippen LogP contribution in [0.15, 0.2) is 12.1 Å². The third-order valence-electron chi connectivity index (χ3n) is 4.66. The molecular formula is C18H24N2O6S. The smallest absolute Gasteiger partial charge is 0.255 e. The molecule has 27 heavy (non-hydrogen) atoms. The molecule has 2 aliphatic rings. The van der Waals surface area contributed by atoms with E-state index < -0.39 is 6.04 Å². The highest BCUT2D eigenvalue weighted by Crippen LogP contribution is 2.39. The SMILES string of the molecule is COc1cc(C(=O)N2CSCC2C(=O)N2CCOCC2)cc(OC)c1OC. The summed E-state index contributed by atoms with van der Waals surface area (Å²) in [6.45, 7) is 2.19. The van der Waals surface area contributed by atoms with Gasteiger partial charge in [0.05, 0.1) is 40.4 Å². The first-order valence-corrected chi connectivity index (χ1v) is 9.81. The molecule has 8 nitrogen and oxygen atoms in total. The third-order valence-corrected chi connectivity index (χ3v) is 5.67. The average molecular weight is 396 g/mol. The van der Waals surface area contributed by atoms with Gasteiger partial charge in [0.15, 0.2) is 11.5 Å². The molecular weight excluding hydrogens is 372 g/mol. The lowest BCUT2D eigenvalue weighted by molar-refractivity contribution is -0.138. The molecule has 0 aliphatic carbocycles. The van der Waals surface area contributed by atoms with Crippen LogP contribution in [0.2, 0.25) is 0 Å². The Morgan fingerprint density at radius 1 is 1.07 bits per heavy atom. The summed E-state index contributed by atoms with van der Waals surface area (Å²) in [6, 6.07) is 2.76. The molecule has 2 amide bonds. The van der Waals surface area contributed by atoms with Gasteiger partial charge in [-0.15, -0.1) is 11.8 Å². The van der Waals surface area contributed by atoms with Gasteiger partial charge in [0.1, 0.15) is 6.04 Å². The molecule has 0 N–H and O–H groups in total. The highest BCUT2D eigenvalue weighted by Gasteiger charge is 2.38. The monoisotopic (exact) mass is 396 g/mol. The molecule has 1 aromatic carbocycles. The van der Waals surface area contributed by atoms with E-state index in [1.54, 1.807) is 33.7 Å². The van der Waals surface area contributed by atoms with Crippen LogP contribution in [-0.2, 0) is 9.53 Å². The van der Waals surface area contributed by atoms with E-state index in [0.717, 1.165) is 0 Å². The topological polar surface area (TPSA) is 77.5 Å². The van der Waals surface area contributed by atoms with Crippen LogP contribution in [0.25, 0.3) is 0 Å². The van der Waals surface area contributed by atoms with E-state index in [1.165, 1.54) is 21.3 Å². The largest absolute Gasteiger partial charge is 0.493 e. The fourth-order valence-electron chi connectivity index (χ4n) is 3.21. The number of nitrogens with zero attached hydrogens (tertiary/aromatic N) is 2. The minimum atomic E-state index is -0.473. The van der Waals surface area contributed by atoms with Crippen molar-refractivity contribution in [2.45, 2.75) is 6.04 Å². The molecule has 2 saturated heterocycles. The Kier molecular flexibility index (Phi) is 6.33. The van der Waals surface area contributed by atoms with Crippen LogP contribution < -0.4 is 14.2 Å². The second-order valence-corrected chi connectivity index (χ2v) is 7.14. The first-order valence-electron chi connectivity index (χ1n) is 8.66. The van der Waals surface area contributed by atoms with E-state index in [9.17, 15) is 9.59 Å². The van der Waals surface area contributed by atoms with E-state index in [2.05, 4.69) is 0 Å². The molecule has 148 valence electrons. The molecule has 1 atom stereocenters. The van der Waals surface area contributed by atoms with Gasteiger partial charge in [-0.3, -0.25) is 9.59 Å². The van der Waals surface area contributed by atoms with Gasteiger partial charge >= 0.3 is 0 Å². The van der Waals surface area contributed by atoms with E-state index in [-0.39, 0.29) is 11.8 Å². The van der Waals surface area contributed by atoms with Gasteiger partial charge in [-0.05, 0) is 12.1 Å². The molecule has 0 saturated carbocycles. The van der Waals surface area contributed by atoms with Gasteiger partial charge in [-0.1, -0.05) is 0 Å². The molecule has 1 unspecified atom stereocenters. The number of hydrogen-bond acceptors (Lipinski definition) is 7. The zero-order valence-electron chi connectivity index (χ0n) is 15.7. The highest BCUT2D eigenvalue weighted by atomic mass is 32.2. The predicted molar refractivity (Wildman–Crippen MR) is 101 cm³/mol. The van der Waals surface area contributed by atoms with Crippen molar-refractivity contribution in [3.63, 3.8) is 0 Å². The van der Waals surface area contributed by atoms with Crippen LogP contribution in [-0.4, -0.2) is 86.9 Å². The predicted octanol–water partition coefficient (Wildman–Crippen LogP) is 1.09. The van der Waals surface area contributed by atoms with Gasteiger partial charge < -0.3 is 28.7 Å². The number of hydrogen-bond donors (Lipinski definition) is 0. The van der Waals surface area contributed by atoms with Gasteiger partial charge in [0.2, 0.25) is 11.7 Å². The summed E-state index contributed by atoms with van der Waals surface area (Å²) < 4.78 is 21.3. The quantitative estimate of drug-likeness (QED) is 0.737. The lowest BCUT2D eigenvalue weighted by Gasteiger charge is -2.32. The second-order valence-electron chi connectivity index (χ2n) is 6.14. The Labute approximate surface area is 162 Å². The third kappa shape index (κ3) is 3.93. The van der Waals surface area contributed by atoms with Crippen LogP contribution in [0.5, 0.6) is 17.2 Å². The van der Waals surface area contributed by atoms with Crippen LogP contribution in [0.4, 0.5) is 0 Å². The number of thioether (sulfide) groups is 1. The number of rotatable bonds is 5. The Morgan fingerprint density at radius 3 is 2.26 bits per heavy atom. The molecule has 3 rings (SSSR count). The number of amides is 2. The average Bonchev–Trinajstić information content (AvgIpc) is 3.21. The minimum absolute atomic E-state index is 0.0240. The van der Waals surface area contributed by atoms with E-state index in [4.69, 9.17) is 18.9 Å². The van der Waals surface area contributed by atoms with Gasteiger partial charge in [0, 0.05) is 24.4 Å². The van der Waals surface area contributed by atoms with Crippen molar-refractivity contribution in [1.82, 2.24) is 9.80 Å². The molecule has 0 radical (unpaired) electrons. The van der Waals surface area contributed by atoms with E-state index in [0.29, 0.717) is 60.7 Å². The molecule has 2 fully saturated rings. The van der Waals surface area contributed by atoms with Crippen LogP contribution in [0.3, 0.4) is 0 Å². The molecule has 0 bridgehead atoms. The van der Waals surface area contributed by atoms with Crippen molar-refractivity contribution >= 4 is 23.6 Å². The summed E-state index contributed by atoms with van der Waals surface area (Å²) in [4.78, 5) is 29.4. The lowest BCUT2D eigenvalue weighted by atomic mass is 10.1. The fourth-order valence-corrected chi connectivity index (χ4v) is 4.36. The van der Waals surface area contributed by atoms with E-state index in [1.807, 2.05) is 0 Å². The Hall–Kier alpha value is -2.13. The number of ether oxygens (including phenoxy) is 4. The van der Waals surface area contributed by atoms with Crippen molar-refractivity contribution in [3.8, 4) is 17.2 Å². The summed E-state index contributed by atoms with van der Waals surface area (Å²) in [5.74, 6) is 2.04. The highest BCUT2D eigenvalue weighted by molar-refractivity contribution is 7.99. The molecule has 9 heteroatoms. The molecule has 0 aromatic heterocycles. The maximum atomic E-state index is 13.1. The number of benzene rings is 1. The Bertz CT molecular complexity index is 682. The van der Waals surface area contributed by atoms with Crippen molar-refractivity contribution < 1.29 is 28.5 Å². The van der Waals surface area contributed by atoms with E-state index >= 15 is 0 Å². The van der Waals surface area contributed by atoms with Crippen LogP contribution in [0, 0.1) is 0 Å². The Morgan fingerprint density at radius 2 is 1.70 bits per heavy atom. The van der Waals surface area contributed by atoms with Crippen molar-refractivity contribution in [2.24, 2.45) is 0 Å². The molecule has 1 aromatic rings. The van der Waals surface area contributed by atoms with Crippen molar-refractivity contribution in [3.05, 3.63) is 17.7 Å². The van der Waals surface area contributed by atoms with Crippen molar-refractivity contribution in [1.29, 1.82) is 0 Å². The fraction of sp³-hybridized carbons (Fsp3) is 0.556. The van der Waals surface area contributed by atoms with Gasteiger partial charge in [-0.2, -0.15) is 0 Å². The minimum Gasteiger partial charge on any atom is -0.493 e. The van der Waals surface area contributed by atoms with Crippen molar-refractivity contribution in [2.75, 3.05) is 59.3 Å². The summed E-state index contributed by atoms with van der Waals surface area (Å²) in [5, 5.41) is 0. The summed E-state index contributed by atoms with van der Waals surface area (Å²) in [6.07, 6.45) is 0. The molecule has 0 spiro atoms. The first-order chi connectivity index (χ1) is 13.1. The summed E-state index contributed by atoms with van der Waals surface area (Å²) >= 11 is 1.57. The zero-order chi connectivity index (χ0) is 19.4. The second kappa shape index (κ2) is 8.71. The zero-order valence-corrected chi connectivity index (χ0v) is 16.5. The van der Waals surface area contributed by atoms with Gasteiger partial charge in [0.25, 0.3) is 5.91 Å². The first kappa shape index (κ1) is 19.6. The summed E-state index contributed by atoms with van der Waals surface area (Å²) in [5.41, 5.74) is 0.395.